The number of esters is 1. The van der Waals surface area contributed by atoms with Crippen molar-refractivity contribution >= 4 is 18.0 Å². The molecule has 0 radical (unpaired) electrons. The lowest BCUT2D eigenvalue weighted by atomic mass is 9.93. The largest absolute Gasteiger partial charge is 0.488 e. The highest BCUT2D eigenvalue weighted by molar-refractivity contribution is 5.91. The van der Waals surface area contributed by atoms with Gasteiger partial charge in [0.1, 0.15) is 18.0 Å². The molecule has 2 aliphatic heterocycles. The topological polar surface area (TPSA) is 103 Å². The Hall–Kier alpha value is -4.44. The second kappa shape index (κ2) is 13.3. The van der Waals surface area contributed by atoms with Gasteiger partial charge in [-0.3, -0.25) is 0 Å². The first-order chi connectivity index (χ1) is 21.5. The lowest BCUT2D eigenvalue weighted by Crippen LogP contribution is -2.40. The molecule has 5 rings (SSSR count). The van der Waals surface area contributed by atoms with Crippen molar-refractivity contribution < 1.29 is 28.5 Å². The van der Waals surface area contributed by atoms with Crippen LogP contribution in [0.1, 0.15) is 48.6 Å². The summed E-state index contributed by atoms with van der Waals surface area (Å²) in [4.78, 5) is 38.2. The lowest BCUT2D eigenvalue weighted by molar-refractivity contribution is -0.136. The number of fused-ring (bicyclic) bond motifs is 1. The van der Waals surface area contributed by atoms with Crippen LogP contribution in [0, 0.1) is 13.8 Å². The molecule has 0 N–H and O–H groups in total. The molecular formula is C35H42N4O6. The lowest BCUT2D eigenvalue weighted by Gasteiger charge is -2.32. The van der Waals surface area contributed by atoms with E-state index in [4.69, 9.17) is 23.9 Å². The van der Waals surface area contributed by atoms with Crippen molar-refractivity contribution in [2.75, 3.05) is 38.8 Å². The summed E-state index contributed by atoms with van der Waals surface area (Å²) in [5, 5.41) is 0. The number of anilines is 1. The molecule has 0 fully saturated rings. The Morgan fingerprint density at radius 1 is 1.07 bits per heavy atom. The molecule has 0 saturated heterocycles. The van der Waals surface area contributed by atoms with Crippen molar-refractivity contribution in [2.24, 2.45) is 0 Å². The Morgan fingerprint density at radius 3 is 2.60 bits per heavy atom. The van der Waals surface area contributed by atoms with Gasteiger partial charge in [-0.25, -0.2) is 19.6 Å². The zero-order valence-corrected chi connectivity index (χ0v) is 27.2. The van der Waals surface area contributed by atoms with Crippen LogP contribution in [0.15, 0.2) is 54.2 Å². The Kier molecular flexibility index (Phi) is 9.43. The van der Waals surface area contributed by atoms with Crippen LogP contribution in [0.2, 0.25) is 0 Å². The zero-order chi connectivity index (χ0) is 32.3. The highest BCUT2D eigenvalue weighted by Crippen LogP contribution is 2.35. The number of carbonyl (C=O) groups is 2. The van der Waals surface area contributed by atoms with Gasteiger partial charge in [0.15, 0.2) is 0 Å². The number of amides is 1. The second-order valence-corrected chi connectivity index (χ2v) is 12.5. The van der Waals surface area contributed by atoms with Crippen LogP contribution in [0.3, 0.4) is 0 Å². The first-order valence-corrected chi connectivity index (χ1v) is 15.2. The van der Waals surface area contributed by atoms with Crippen molar-refractivity contribution in [3.63, 3.8) is 0 Å². The van der Waals surface area contributed by atoms with Gasteiger partial charge in [0.25, 0.3) is 0 Å². The summed E-state index contributed by atoms with van der Waals surface area (Å²) in [5.41, 5.74) is 7.15. The number of para-hydroxylation sites is 1. The number of aromatic nitrogens is 2. The molecule has 0 bridgehead atoms. The fourth-order valence-corrected chi connectivity index (χ4v) is 5.87. The van der Waals surface area contributed by atoms with E-state index in [2.05, 4.69) is 24.0 Å². The fourth-order valence-electron chi connectivity index (χ4n) is 5.87. The van der Waals surface area contributed by atoms with E-state index in [1.165, 1.54) is 18.2 Å². The van der Waals surface area contributed by atoms with Crippen molar-refractivity contribution in [2.45, 2.75) is 65.8 Å². The first-order valence-electron chi connectivity index (χ1n) is 15.2. The molecule has 10 heteroatoms. The number of nitrogens with zero attached hydrogens (tertiary/aromatic N) is 4. The molecule has 1 atom stereocenters. The Bertz CT molecular complexity index is 1610. The van der Waals surface area contributed by atoms with Gasteiger partial charge in [-0.05, 0) is 81.0 Å². The minimum absolute atomic E-state index is 0.279. The third-order valence-corrected chi connectivity index (χ3v) is 8.04. The van der Waals surface area contributed by atoms with Gasteiger partial charge in [0.05, 0.1) is 31.0 Å². The number of aryl methyl sites for hydroxylation is 2. The molecule has 0 spiro atoms. The Morgan fingerprint density at radius 2 is 1.87 bits per heavy atom. The van der Waals surface area contributed by atoms with E-state index in [0.717, 1.165) is 34.4 Å². The molecule has 2 aliphatic rings. The number of carbonyl (C=O) groups excluding carboxylic acids is 2. The van der Waals surface area contributed by atoms with Gasteiger partial charge in [-0.15, -0.1) is 0 Å². The maximum Gasteiger partial charge on any atom is 0.410 e. The molecule has 2 aromatic carbocycles. The Labute approximate surface area is 265 Å². The summed E-state index contributed by atoms with van der Waals surface area (Å²) < 4.78 is 22.5. The highest BCUT2D eigenvalue weighted by Gasteiger charge is 2.34. The third-order valence-electron chi connectivity index (χ3n) is 8.04. The van der Waals surface area contributed by atoms with E-state index in [1.807, 2.05) is 62.9 Å². The van der Waals surface area contributed by atoms with E-state index in [-0.39, 0.29) is 18.1 Å². The summed E-state index contributed by atoms with van der Waals surface area (Å²) in [6, 6.07) is 11.8. The minimum Gasteiger partial charge on any atom is -0.488 e. The third kappa shape index (κ3) is 7.12. The van der Waals surface area contributed by atoms with Crippen LogP contribution in [0.5, 0.6) is 5.75 Å². The van der Waals surface area contributed by atoms with Gasteiger partial charge >= 0.3 is 12.1 Å². The number of rotatable bonds is 8. The maximum absolute atomic E-state index is 12.7. The fraction of sp³-hybridized carbons (Fsp3) is 0.429. The SMILES string of the molecule is COC[C@@H]1C(C(=O)OC)=CCN1c1nccc(-c2cccc(C)c2OCc2cc(C)c3c(c2)CCN(C(=O)OC(C)(C)C)C3)n1. The summed E-state index contributed by atoms with van der Waals surface area (Å²) >= 11 is 0. The average Bonchev–Trinajstić information content (AvgIpc) is 3.43. The maximum atomic E-state index is 12.7. The summed E-state index contributed by atoms with van der Waals surface area (Å²) in [7, 11) is 2.97. The molecule has 0 aliphatic carbocycles. The molecule has 238 valence electrons. The van der Waals surface area contributed by atoms with E-state index in [1.54, 1.807) is 18.2 Å². The molecular weight excluding hydrogens is 572 g/mol. The molecule has 45 heavy (non-hydrogen) atoms. The molecule has 3 heterocycles. The summed E-state index contributed by atoms with van der Waals surface area (Å²) in [6.45, 7) is 12.0. The van der Waals surface area contributed by atoms with E-state index >= 15 is 0 Å². The number of ether oxygens (including phenoxy) is 4. The van der Waals surface area contributed by atoms with Crippen LogP contribution in [-0.2, 0) is 38.6 Å². The Balaban J connectivity index is 1.35. The monoisotopic (exact) mass is 614 g/mol. The average molecular weight is 615 g/mol. The predicted octanol–water partition coefficient (Wildman–Crippen LogP) is 5.57. The van der Waals surface area contributed by atoms with Gasteiger partial charge in [0.2, 0.25) is 5.95 Å². The van der Waals surface area contributed by atoms with Crippen molar-refractivity contribution in [3.8, 4) is 17.0 Å². The molecule has 3 aromatic rings. The molecule has 0 unspecified atom stereocenters. The van der Waals surface area contributed by atoms with Crippen LogP contribution < -0.4 is 9.64 Å². The predicted molar refractivity (Wildman–Crippen MR) is 171 cm³/mol. The van der Waals surface area contributed by atoms with Gasteiger partial charge in [0, 0.05) is 38.5 Å². The van der Waals surface area contributed by atoms with Gasteiger partial charge in [-0.1, -0.05) is 30.3 Å². The first kappa shape index (κ1) is 32.0. The molecule has 10 nitrogen and oxygen atoms in total. The molecule has 1 amide bonds. The van der Waals surface area contributed by atoms with Crippen LogP contribution in [-0.4, -0.2) is 72.5 Å². The van der Waals surface area contributed by atoms with Crippen molar-refractivity contribution in [1.82, 2.24) is 14.9 Å². The van der Waals surface area contributed by atoms with Crippen LogP contribution >= 0.6 is 0 Å². The van der Waals surface area contributed by atoms with Crippen molar-refractivity contribution in [3.05, 3.63) is 82.1 Å². The van der Waals surface area contributed by atoms with Gasteiger partial charge < -0.3 is 28.7 Å². The van der Waals surface area contributed by atoms with Crippen molar-refractivity contribution in [1.29, 1.82) is 0 Å². The number of hydrogen-bond donors (Lipinski definition) is 0. The summed E-state index contributed by atoms with van der Waals surface area (Å²) in [6.07, 6.45) is 4.04. The zero-order valence-electron chi connectivity index (χ0n) is 27.2. The molecule has 0 saturated carbocycles. The van der Waals surface area contributed by atoms with E-state index in [9.17, 15) is 9.59 Å². The number of methoxy groups -OCH3 is 2. The van der Waals surface area contributed by atoms with Gasteiger partial charge in [-0.2, -0.15) is 0 Å². The van der Waals surface area contributed by atoms with E-state index in [0.29, 0.717) is 50.1 Å². The molecule has 1 aromatic heterocycles. The van der Waals surface area contributed by atoms with E-state index < -0.39 is 5.60 Å². The quantitative estimate of drug-likeness (QED) is 0.302. The standard InChI is InChI=1S/C35H42N4O6/c1-22-9-8-10-26(29-11-14-36-33(37-29)39-16-13-27(32(40)43-7)30(39)21-42-6)31(22)44-20-24-17-23(2)28-19-38(15-12-25(28)18-24)34(41)45-35(3,4)5/h8-11,13-14,17-18,30H,12,15-16,19-21H2,1-7H3/t30-/m1/s1. The smallest absolute Gasteiger partial charge is 0.410 e. The normalized spacial score (nSPS) is 16.2. The second-order valence-electron chi connectivity index (χ2n) is 12.5. The van der Waals surface area contributed by atoms with Crippen LogP contribution in [0.4, 0.5) is 10.7 Å². The highest BCUT2D eigenvalue weighted by atomic mass is 16.6. The number of hydrogen-bond acceptors (Lipinski definition) is 9. The van der Waals surface area contributed by atoms with Crippen LogP contribution in [0.25, 0.3) is 11.3 Å². The summed E-state index contributed by atoms with van der Waals surface area (Å²) in [5.74, 6) is 0.850. The number of benzene rings is 2. The minimum atomic E-state index is -0.527.